The molecule has 88 valence electrons. The monoisotopic (exact) mass is 233 g/mol. The van der Waals surface area contributed by atoms with E-state index >= 15 is 0 Å². The third-order valence-electron chi connectivity index (χ3n) is 1.85. The Balaban J connectivity index is 3.35. The molecule has 0 atom stereocenters. The molecule has 16 heavy (non-hydrogen) atoms. The van der Waals surface area contributed by atoms with E-state index in [0.29, 0.717) is 0 Å². The number of hydrogen-bond acceptors (Lipinski definition) is 5. The third-order valence-corrected chi connectivity index (χ3v) is 1.85. The zero-order valence-electron chi connectivity index (χ0n) is 8.53. The van der Waals surface area contributed by atoms with Crippen LogP contribution in [0.4, 0.5) is 8.78 Å². The molecule has 5 nitrogen and oxygen atoms in total. The van der Waals surface area contributed by atoms with Gasteiger partial charge in [-0.1, -0.05) is 0 Å². The summed E-state index contributed by atoms with van der Waals surface area (Å²) >= 11 is 0. The van der Waals surface area contributed by atoms with Crippen LogP contribution in [0.1, 0.15) is 22.5 Å². The number of nitrogens with zero attached hydrogens (tertiary/aromatic N) is 1. The SMILES string of the molecule is COC(=O)c1cnc(C(F)F)c(O)c1OC. The molecule has 0 aliphatic carbocycles. The molecule has 0 saturated carbocycles. The first-order valence-electron chi connectivity index (χ1n) is 4.15. The van der Waals surface area contributed by atoms with Crippen LogP contribution in [0.15, 0.2) is 6.20 Å². The van der Waals surface area contributed by atoms with Crippen molar-refractivity contribution >= 4 is 5.97 Å². The summed E-state index contributed by atoms with van der Waals surface area (Å²) in [5, 5.41) is 9.41. The minimum Gasteiger partial charge on any atom is -0.503 e. The summed E-state index contributed by atoms with van der Waals surface area (Å²) in [5.74, 6) is -2.07. The number of ether oxygens (including phenoxy) is 2. The van der Waals surface area contributed by atoms with Crippen molar-refractivity contribution in [1.82, 2.24) is 4.98 Å². The zero-order valence-corrected chi connectivity index (χ0v) is 8.53. The number of rotatable bonds is 3. The molecule has 0 unspecified atom stereocenters. The number of aromatic nitrogens is 1. The normalized spacial score (nSPS) is 10.3. The first kappa shape index (κ1) is 12.2. The molecule has 0 aliphatic heterocycles. The van der Waals surface area contributed by atoms with E-state index in [9.17, 15) is 18.7 Å². The summed E-state index contributed by atoms with van der Waals surface area (Å²) in [6, 6.07) is 0. The number of hydrogen-bond donors (Lipinski definition) is 1. The maximum Gasteiger partial charge on any atom is 0.343 e. The lowest BCUT2D eigenvalue weighted by atomic mass is 10.2. The molecular weight excluding hydrogens is 224 g/mol. The van der Waals surface area contributed by atoms with Crippen LogP contribution in [0.3, 0.4) is 0 Å². The average molecular weight is 233 g/mol. The van der Waals surface area contributed by atoms with Crippen molar-refractivity contribution in [2.45, 2.75) is 6.43 Å². The van der Waals surface area contributed by atoms with Gasteiger partial charge < -0.3 is 14.6 Å². The molecule has 0 saturated heterocycles. The Morgan fingerprint density at radius 3 is 2.56 bits per heavy atom. The Morgan fingerprint density at radius 1 is 1.50 bits per heavy atom. The van der Waals surface area contributed by atoms with E-state index in [2.05, 4.69) is 14.5 Å². The molecule has 1 N–H and O–H groups in total. The molecule has 1 heterocycles. The van der Waals surface area contributed by atoms with Gasteiger partial charge in [-0.2, -0.15) is 0 Å². The average Bonchev–Trinajstić information content (AvgIpc) is 2.26. The van der Waals surface area contributed by atoms with E-state index in [1.54, 1.807) is 0 Å². The maximum atomic E-state index is 12.4. The maximum absolute atomic E-state index is 12.4. The van der Waals surface area contributed by atoms with Crippen molar-refractivity contribution in [3.63, 3.8) is 0 Å². The number of carbonyl (C=O) groups is 1. The molecule has 0 amide bonds. The van der Waals surface area contributed by atoms with Crippen LogP contribution < -0.4 is 4.74 Å². The molecule has 1 aromatic heterocycles. The number of aromatic hydroxyl groups is 1. The lowest BCUT2D eigenvalue weighted by molar-refractivity contribution is 0.0594. The second-order valence-electron chi connectivity index (χ2n) is 2.73. The number of halogens is 2. The van der Waals surface area contributed by atoms with Crippen LogP contribution in [-0.4, -0.2) is 30.3 Å². The number of methoxy groups -OCH3 is 2. The number of esters is 1. The highest BCUT2D eigenvalue weighted by Gasteiger charge is 2.24. The first-order valence-corrected chi connectivity index (χ1v) is 4.15. The van der Waals surface area contributed by atoms with Crippen LogP contribution in [0.2, 0.25) is 0 Å². The highest BCUT2D eigenvalue weighted by Crippen LogP contribution is 2.36. The summed E-state index contributed by atoms with van der Waals surface area (Å²) in [5.41, 5.74) is -1.06. The molecule has 7 heteroatoms. The van der Waals surface area contributed by atoms with Crippen LogP contribution in [0.5, 0.6) is 11.5 Å². The van der Waals surface area contributed by atoms with Crippen molar-refractivity contribution < 1.29 is 28.2 Å². The molecule has 1 rings (SSSR count). The van der Waals surface area contributed by atoms with Crippen molar-refractivity contribution in [2.24, 2.45) is 0 Å². The fourth-order valence-corrected chi connectivity index (χ4v) is 1.12. The molecule has 1 aromatic rings. The number of carbonyl (C=O) groups excluding carboxylic acids is 1. The van der Waals surface area contributed by atoms with Gasteiger partial charge in [0.2, 0.25) is 0 Å². The van der Waals surface area contributed by atoms with E-state index in [1.165, 1.54) is 0 Å². The van der Waals surface area contributed by atoms with Crippen molar-refractivity contribution in [1.29, 1.82) is 0 Å². The topological polar surface area (TPSA) is 68.7 Å². The van der Waals surface area contributed by atoms with Gasteiger partial charge in [0.15, 0.2) is 17.2 Å². The van der Waals surface area contributed by atoms with E-state index in [1.807, 2.05) is 0 Å². The second-order valence-corrected chi connectivity index (χ2v) is 2.73. The molecule has 0 spiro atoms. The summed E-state index contributed by atoms with van der Waals surface area (Å²) in [6.07, 6.45) is -2.09. The van der Waals surface area contributed by atoms with E-state index < -0.39 is 23.8 Å². The summed E-state index contributed by atoms with van der Waals surface area (Å²) in [6.45, 7) is 0. The predicted octanol–water partition coefficient (Wildman–Crippen LogP) is 1.52. The van der Waals surface area contributed by atoms with E-state index in [0.717, 1.165) is 20.4 Å². The van der Waals surface area contributed by atoms with E-state index in [-0.39, 0.29) is 11.3 Å². The van der Waals surface area contributed by atoms with Gasteiger partial charge in [0.25, 0.3) is 6.43 Å². The fourth-order valence-electron chi connectivity index (χ4n) is 1.12. The van der Waals surface area contributed by atoms with Crippen molar-refractivity contribution in [3.8, 4) is 11.5 Å². The van der Waals surface area contributed by atoms with Gasteiger partial charge in [0, 0.05) is 6.20 Å². The van der Waals surface area contributed by atoms with Crippen LogP contribution in [0, 0.1) is 0 Å². The number of pyridine rings is 1. The standard InChI is InChI=1S/C9H9F2NO4/c1-15-7-4(9(14)16-2)3-12-5(6(7)13)8(10)11/h3,8,13H,1-2H3. The molecular formula is C9H9F2NO4. The summed E-state index contributed by atoms with van der Waals surface area (Å²) in [7, 11) is 2.25. The quantitative estimate of drug-likeness (QED) is 0.801. The van der Waals surface area contributed by atoms with Crippen LogP contribution >= 0.6 is 0 Å². The Kier molecular flexibility index (Phi) is 3.60. The van der Waals surface area contributed by atoms with Gasteiger partial charge in [-0.25, -0.2) is 13.6 Å². The molecule has 0 bridgehead atoms. The Morgan fingerprint density at radius 2 is 2.12 bits per heavy atom. The van der Waals surface area contributed by atoms with Crippen molar-refractivity contribution in [3.05, 3.63) is 17.5 Å². The predicted molar refractivity (Wildman–Crippen MR) is 48.8 cm³/mol. The first-order chi connectivity index (χ1) is 7.52. The fraction of sp³-hybridized carbons (Fsp3) is 0.333. The van der Waals surface area contributed by atoms with Gasteiger partial charge in [0.1, 0.15) is 5.56 Å². The lowest BCUT2D eigenvalue weighted by Gasteiger charge is -2.10. The minimum absolute atomic E-state index is 0.216. The Labute approximate surface area is 89.6 Å². The molecule has 0 aliphatic rings. The zero-order chi connectivity index (χ0) is 12.3. The highest BCUT2D eigenvalue weighted by molar-refractivity contribution is 5.93. The third kappa shape index (κ3) is 2.02. The Bertz CT molecular complexity index is 409. The van der Waals surface area contributed by atoms with E-state index in [4.69, 9.17) is 0 Å². The molecule has 0 radical (unpaired) electrons. The largest absolute Gasteiger partial charge is 0.503 e. The Hall–Kier alpha value is -1.92. The van der Waals surface area contributed by atoms with Crippen LogP contribution in [-0.2, 0) is 4.74 Å². The van der Waals surface area contributed by atoms with Crippen LogP contribution in [0.25, 0.3) is 0 Å². The summed E-state index contributed by atoms with van der Waals surface area (Å²) in [4.78, 5) is 14.5. The molecule has 0 aromatic carbocycles. The highest BCUT2D eigenvalue weighted by atomic mass is 19.3. The molecule has 0 fully saturated rings. The van der Waals surface area contributed by atoms with Gasteiger partial charge in [-0.3, -0.25) is 4.98 Å². The smallest absolute Gasteiger partial charge is 0.343 e. The van der Waals surface area contributed by atoms with Gasteiger partial charge >= 0.3 is 5.97 Å². The van der Waals surface area contributed by atoms with Crippen molar-refractivity contribution in [2.75, 3.05) is 14.2 Å². The van der Waals surface area contributed by atoms with Gasteiger partial charge in [0.05, 0.1) is 14.2 Å². The minimum atomic E-state index is -2.96. The second kappa shape index (κ2) is 4.73. The lowest BCUT2D eigenvalue weighted by Crippen LogP contribution is -2.06. The van der Waals surface area contributed by atoms with Gasteiger partial charge in [-0.15, -0.1) is 0 Å². The van der Waals surface area contributed by atoms with Gasteiger partial charge in [-0.05, 0) is 0 Å². The summed E-state index contributed by atoms with van der Waals surface area (Å²) < 4.78 is 33.8. The number of alkyl halides is 2.